The van der Waals surface area contributed by atoms with Crippen molar-refractivity contribution in [1.82, 2.24) is 4.90 Å². The SMILES string of the molecule is Cc1ccc(NC(=O)C2CCN(C(=O)C3CC(=O)N(c4ccc(C)cc4)C3)CC2)cc1. The van der Waals surface area contributed by atoms with Crippen LogP contribution in [-0.4, -0.2) is 42.3 Å². The van der Waals surface area contributed by atoms with Crippen molar-refractivity contribution in [1.29, 1.82) is 0 Å². The highest BCUT2D eigenvalue weighted by atomic mass is 16.2. The molecule has 0 aromatic heterocycles. The lowest BCUT2D eigenvalue weighted by molar-refractivity contribution is -0.138. The highest BCUT2D eigenvalue weighted by Crippen LogP contribution is 2.28. The quantitative estimate of drug-likeness (QED) is 0.824. The molecule has 0 radical (unpaired) electrons. The van der Waals surface area contributed by atoms with Crippen LogP contribution in [0.2, 0.25) is 0 Å². The summed E-state index contributed by atoms with van der Waals surface area (Å²) in [6.45, 7) is 5.55. The predicted octanol–water partition coefficient (Wildman–Crippen LogP) is 3.53. The van der Waals surface area contributed by atoms with Crippen molar-refractivity contribution in [3.8, 4) is 0 Å². The monoisotopic (exact) mass is 419 g/mol. The summed E-state index contributed by atoms with van der Waals surface area (Å²) in [5, 5.41) is 2.98. The van der Waals surface area contributed by atoms with E-state index in [1.54, 1.807) is 4.90 Å². The molecular formula is C25H29N3O3. The zero-order valence-electron chi connectivity index (χ0n) is 18.1. The van der Waals surface area contributed by atoms with Crippen molar-refractivity contribution in [2.45, 2.75) is 33.1 Å². The van der Waals surface area contributed by atoms with Crippen LogP contribution in [0, 0.1) is 25.7 Å². The summed E-state index contributed by atoms with van der Waals surface area (Å²) in [7, 11) is 0. The highest BCUT2D eigenvalue weighted by Gasteiger charge is 2.38. The fourth-order valence-electron chi connectivity index (χ4n) is 4.35. The second kappa shape index (κ2) is 8.92. The van der Waals surface area contributed by atoms with Gasteiger partial charge in [-0.25, -0.2) is 0 Å². The Kier molecular flexibility index (Phi) is 6.07. The summed E-state index contributed by atoms with van der Waals surface area (Å²) in [5.41, 5.74) is 3.93. The summed E-state index contributed by atoms with van der Waals surface area (Å²) in [6, 6.07) is 15.6. The summed E-state index contributed by atoms with van der Waals surface area (Å²) in [6.07, 6.45) is 1.54. The van der Waals surface area contributed by atoms with Crippen LogP contribution in [0.1, 0.15) is 30.4 Å². The molecule has 2 aromatic rings. The molecule has 2 fully saturated rings. The first-order valence-electron chi connectivity index (χ1n) is 10.9. The zero-order valence-corrected chi connectivity index (χ0v) is 18.1. The van der Waals surface area contributed by atoms with Gasteiger partial charge in [0.1, 0.15) is 0 Å². The standard InChI is InChI=1S/C25H29N3O3/c1-17-3-7-21(8-4-17)26-24(30)19-11-13-27(14-12-19)25(31)20-15-23(29)28(16-20)22-9-5-18(2)6-10-22/h3-10,19-20H,11-16H2,1-2H3,(H,26,30). The van der Waals surface area contributed by atoms with E-state index in [-0.39, 0.29) is 36.0 Å². The Morgan fingerprint density at radius 2 is 1.45 bits per heavy atom. The first-order chi connectivity index (χ1) is 14.9. The third-order valence-electron chi connectivity index (χ3n) is 6.32. The maximum absolute atomic E-state index is 13.0. The van der Waals surface area contributed by atoms with Crippen LogP contribution in [0.25, 0.3) is 0 Å². The van der Waals surface area contributed by atoms with Gasteiger partial charge in [-0.05, 0) is 51.0 Å². The Morgan fingerprint density at radius 1 is 0.871 bits per heavy atom. The molecule has 6 heteroatoms. The summed E-state index contributed by atoms with van der Waals surface area (Å²) in [5.74, 6) is -0.376. The van der Waals surface area contributed by atoms with Crippen LogP contribution >= 0.6 is 0 Å². The largest absolute Gasteiger partial charge is 0.342 e. The Balaban J connectivity index is 1.30. The van der Waals surface area contributed by atoms with Gasteiger partial charge in [0.2, 0.25) is 17.7 Å². The molecule has 31 heavy (non-hydrogen) atoms. The van der Waals surface area contributed by atoms with E-state index in [1.165, 1.54) is 0 Å². The van der Waals surface area contributed by atoms with E-state index in [2.05, 4.69) is 5.32 Å². The van der Waals surface area contributed by atoms with E-state index < -0.39 is 0 Å². The molecule has 0 saturated carbocycles. The molecule has 2 aliphatic heterocycles. The predicted molar refractivity (Wildman–Crippen MR) is 121 cm³/mol. The molecule has 1 atom stereocenters. The fraction of sp³-hybridized carbons (Fsp3) is 0.400. The zero-order chi connectivity index (χ0) is 22.0. The number of aryl methyl sites for hydroxylation is 2. The number of carbonyl (C=O) groups is 3. The minimum atomic E-state index is -0.313. The van der Waals surface area contributed by atoms with Gasteiger partial charge in [0.25, 0.3) is 0 Å². The van der Waals surface area contributed by atoms with Gasteiger partial charge in [-0.1, -0.05) is 35.4 Å². The average Bonchev–Trinajstić information content (AvgIpc) is 3.17. The molecule has 2 aromatic carbocycles. The first kappa shape index (κ1) is 21.1. The van der Waals surface area contributed by atoms with Crippen LogP contribution in [0.5, 0.6) is 0 Å². The van der Waals surface area contributed by atoms with E-state index in [9.17, 15) is 14.4 Å². The Hall–Kier alpha value is -3.15. The number of nitrogens with one attached hydrogen (secondary N) is 1. The normalized spacial score (nSPS) is 19.5. The third kappa shape index (κ3) is 4.79. The molecule has 3 amide bonds. The molecule has 4 rings (SSSR count). The van der Waals surface area contributed by atoms with E-state index in [4.69, 9.17) is 0 Å². The molecule has 2 aliphatic rings. The Morgan fingerprint density at radius 3 is 2.06 bits per heavy atom. The number of rotatable bonds is 4. The first-order valence-corrected chi connectivity index (χ1v) is 10.9. The van der Waals surface area contributed by atoms with Crippen LogP contribution in [0.3, 0.4) is 0 Å². The molecule has 2 heterocycles. The van der Waals surface area contributed by atoms with Gasteiger partial charge in [-0.15, -0.1) is 0 Å². The van der Waals surface area contributed by atoms with Crippen molar-refractivity contribution >= 4 is 29.1 Å². The van der Waals surface area contributed by atoms with Gasteiger partial charge in [0, 0.05) is 43.3 Å². The number of hydrogen-bond acceptors (Lipinski definition) is 3. The molecule has 0 bridgehead atoms. The third-order valence-corrected chi connectivity index (χ3v) is 6.32. The van der Waals surface area contributed by atoms with Crippen molar-refractivity contribution < 1.29 is 14.4 Å². The maximum Gasteiger partial charge on any atom is 0.228 e. The maximum atomic E-state index is 13.0. The number of anilines is 2. The molecule has 1 unspecified atom stereocenters. The lowest BCUT2D eigenvalue weighted by atomic mass is 9.94. The lowest BCUT2D eigenvalue weighted by Crippen LogP contribution is -2.44. The lowest BCUT2D eigenvalue weighted by Gasteiger charge is -2.33. The Labute approximate surface area is 183 Å². The topological polar surface area (TPSA) is 69.7 Å². The van der Waals surface area contributed by atoms with Gasteiger partial charge in [0.05, 0.1) is 5.92 Å². The fourth-order valence-corrected chi connectivity index (χ4v) is 4.35. The average molecular weight is 420 g/mol. The van der Waals surface area contributed by atoms with E-state index in [0.29, 0.717) is 32.5 Å². The highest BCUT2D eigenvalue weighted by molar-refractivity contribution is 6.00. The molecule has 6 nitrogen and oxygen atoms in total. The van der Waals surface area contributed by atoms with Gasteiger partial charge in [0.15, 0.2) is 0 Å². The smallest absolute Gasteiger partial charge is 0.228 e. The number of carbonyl (C=O) groups excluding carboxylic acids is 3. The van der Waals surface area contributed by atoms with Gasteiger partial charge < -0.3 is 15.1 Å². The van der Waals surface area contributed by atoms with Crippen molar-refractivity contribution in [3.63, 3.8) is 0 Å². The Bertz CT molecular complexity index is 961. The molecule has 2 saturated heterocycles. The minimum absolute atomic E-state index is 0.00503. The van der Waals surface area contributed by atoms with E-state index in [0.717, 1.165) is 22.5 Å². The van der Waals surface area contributed by atoms with Crippen molar-refractivity contribution in [3.05, 3.63) is 59.7 Å². The van der Waals surface area contributed by atoms with Crippen LogP contribution in [-0.2, 0) is 14.4 Å². The molecular weight excluding hydrogens is 390 g/mol. The number of likely N-dealkylation sites (tertiary alicyclic amines) is 1. The molecule has 0 aliphatic carbocycles. The van der Waals surface area contributed by atoms with Crippen LogP contribution in [0.4, 0.5) is 11.4 Å². The molecule has 162 valence electrons. The minimum Gasteiger partial charge on any atom is -0.342 e. The van der Waals surface area contributed by atoms with Gasteiger partial charge >= 0.3 is 0 Å². The van der Waals surface area contributed by atoms with Crippen molar-refractivity contribution in [2.75, 3.05) is 29.9 Å². The van der Waals surface area contributed by atoms with Crippen LogP contribution in [0.15, 0.2) is 48.5 Å². The van der Waals surface area contributed by atoms with Crippen molar-refractivity contribution in [2.24, 2.45) is 11.8 Å². The number of piperidine rings is 1. The summed E-state index contributed by atoms with van der Waals surface area (Å²) >= 11 is 0. The molecule has 0 spiro atoms. The summed E-state index contributed by atoms with van der Waals surface area (Å²) < 4.78 is 0. The number of amides is 3. The van der Waals surface area contributed by atoms with Gasteiger partial charge in [-0.2, -0.15) is 0 Å². The second-order valence-corrected chi connectivity index (χ2v) is 8.70. The van der Waals surface area contributed by atoms with Gasteiger partial charge in [-0.3, -0.25) is 14.4 Å². The van der Waals surface area contributed by atoms with E-state index >= 15 is 0 Å². The van der Waals surface area contributed by atoms with Crippen LogP contribution < -0.4 is 10.2 Å². The number of hydrogen-bond donors (Lipinski definition) is 1. The number of nitrogens with zero attached hydrogens (tertiary/aromatic N) is 2. The molecule has 1 N–H and O–H groups in total. The second-order valence-electron chi connectivity index (χ2n) is 8.70. The number of benzene rings is 2. The summed E-state index contributed by atoms with van der Waals surface area (Å²) in [4.78, 5) is 41.6. The van der Waals surface area contributed by atoms with E-state index in [1.807, 2.05) is 67.3 Å².